The van der Waals surface area contributed by atoms with E-state index in [1.807, 2.05) is 0 Å². The van der Waals surface area contributed by atoms with Gasteiger partial charge in [0.1, 0.15) is 0 Å². The van der Waals surface area contributed by atoms with Gasteiger partial charge in [-0.25, -0.2) is 0 Å². The van der Waals surface area contributed by atoms with Gasteiger partial charge < -0.3 is 10.5 Å². The van der Waals surface area contributed by atoms with Crippen molar-refractivity contribution in [1.82, 2.24) is 4.90 Å². The van der Waals surface area contributed by atoms with Crippen molar-refractivity contribution >= 4 is 0 Å². The molecule has 1 aromatic rings. The molecule has 0 aromatic heterocycles. The van der Waals surface area contributed by atoms with Crippen LogP contribution in [0.3, 0.4) is 0 Å². The molecule has 1 aliphatic rings. The van der Waals surface area contributed by atoms with E-state index in [1.54, 1.807) is 0 Å². The molecule has 3 heteroatoms. The van der Waals surface area contributed by atoms with Gasteiger partial charge in [-0.3, -0.25) is 4.90 Å². The Labute approximate surface area is 123 Å². The van der Waals surface area contributed by atoms with E-state index in [-0.39, 0.29) is 12.1 Å². The highest BCUT2D eigenvalue weighted by atomic mass is 16.5. The number of hydrogen-bond acceptors (Lipinski definition) is 3. The van der Waals surface area contributed by atoms with Gasteiger partial charge in [0.15, 0.2) is 0 Å². The van der Waals surface area contributed by atoms with Crippen LogP contribution >= 0.6 is 0 Å². The van der Waals surface area contributed by atoms with Crippen molar-refractivity contribution in [2.45, 2.75) is 51.8 Å². The van der Waals surface area contributed by atoms with Crippen LogP contribution in [0.2, 0.25) is 0 Å². The summed E-state index contributed by atoms with van der Waals surface area (Å²) in [4.78, 5) is 2.45. The lowest BCUT2D eigenvalue weighted by atomic mass is 9.99. The quantitative estimate of drug-likeness (QED) is 0.896. The fraction of sp³-hybridized carbons (Fsp3) is 0.647. The van der Waals surface area contributed by atoms with Crippen molar-refractivity contribution in [2.24, 2.45) is 5.73 Å². The van der Waals surface area contributed by atoms with Crippen molar-refractivity contribution in [3.05, 3.63) is 35.4 Å². The highest BCUT2D eigenvalue weighted by molar-refractivity contribution is 5.23. The Morgan fingerprint density at radius 3 is 2.50 bits per heavy atom. The molecule has 1 heterocycles. The van der Waals surface area contributed by atoms with Crippen LogP contribution < -0.4 is 5.73 Å². The van der Waals surface area contributed by atoms with E-state index < -0.39 is 0 Å². The number of rotatable bonds is 5. The lowest BCUT2D eigenvalue weighted by Crippen LogP contribution is -2.53. The van der Waals surface area contributed by atoms with E-state index in [0.717, 1.165) is 32.5 Å². The largest absolute Gasteiger partial charge is 0.374 e. The Morgan fingerprint density at radius 2 is 1.90 bits per heavy atom. The van der Waals surface area contributed by atoms with Crippen LogP contribution in [0, 0.1) is 0 Å². The third kappa shape index (κ3) is 4.05. The van der Waals surface area contributed by atoms with Gasteiger partial charge in [0.25, 0.3) is 0 Å². The van der Waals surface area contributed by atoms with Gasteiger partial charge in [0.05, 0.1) is 12.7 Å². The second-order valence-electron chi connectivity index (χ2n) is 6.04. The molecule has 3 nitrogen and oxygen atoms in total. The van der Waals surface area contributed by atoms with Crippen molar-refractivity contribution in [1.29, 1.82) is 0 Å². The van der Waals surface area contributed by atoms with E-state index in [9.17, 15) is 0 Å². The Hall–Kier alpha value is -0.900. The summed E-state index contributed by atoms with van der Waals surface area (Å²) < 4.78 is 5.87. The molecule has 0 aliphatic carbocycles. The molecular weight excluding hydrogens is 248 g/mol. The minimum absolute atomic E-state index is 0.0732. The van der Waals surface area contributed by atoms with E-state index in [0.29, 0.717) is 6.04 Å². The van der Waals surface area contributed by atoms with Crippen LogP contribution in [0.15, 0.2) is 24.3 Å². The molecule has 0 bridgehead atoms. The number of benzene rings is 1. The molecule has 1 saturated heterocycles. The normalized spacial score (nSPS) is 22.1. The van der Waals surface area contributed by atoms with Crippen LogP contribution in [0.25, 0.3) is 0 Å². The molecular formula is C17H28N2O. The van der Waals surface area contributed by atoms with Gasteiger partial charge in [-0.1, -0.05) is 31.2 Å². The molecule has 2 unspecified atom stereocenters. The highest BCUT2D eigenvalue weighted by Crippen LogP contribution is 2.14. The fourth-order valence-electron chi connectivity index (χ4n) is 2.74. The summed E-state index contributed by atoms with van der Waals surface area (Å²) in [6, 6.07) is 9.43. The molecule has 20 heavy (non-hydrogen) atoms. The minimum Gasteiger partial charge on any atom is -0.374 e. The summed E-state index contributed by atoms with van der Waals surface area (Å²) in [6.07, 6.45) is 2.12. The summed E-state index contributed by atoms with van der Waals surface area (Å²) in [6.45, 7) is 9.41. The fourth-order valence-corrected chi connectivity index (χ4v) is 2.74. The Morgan fingerprint density at radius 1 is 1.25 bits per heavy atom. The van der Waals surface area contributed by atoms with E-state index in [2.05, 4.69) is 49.9 Å². The number of nitrogens with zero attached hydrogens (tertiary/aromatic N) is 1. The zero-order valence-electron chi connectivity index (χ0n) is 13.0. The summed E-state index contributed by atoms with van der Waals surface area (Å²) >= 11 is 0. The number of ether oxygens (including phenoxy) is 1. The predicted octanol–water partition coefficient (Wildman–Crippen LogP) is 2.23. The molecule has 2 atom stereocenters. The molecule has 1 aliphatic heterocycles. The highest BCUT2D eigenvalue weighted by Gasteiger charge is 2.27. The van der Waals surface area contributed by atoms with Crippen LogP contribution in [0.1, 0.15) is 31.9 Å². The first-order valence-electron chi connectivity index (χ1n) is 7.79. The topological polar surface area (TPSA) is 38.5 Å². The Kier molecular flexibility index (Phi) is 5.58. The van der Waals surface area contributed by atoms with Crippen LogP contribution in [0.4, 0.5) is 0 Å². The maximum absolute atomic E-state index is 6.36. The maximum atomic E-state index is 6.36. The molecule has 0 saturated carbocycles. The first-order chi connectivity index (χ1) is 9.60. The van der Waals surface area contributed by atoms with E-state index in [4.69, 9.17) is 10.5 Å². The van der Waals surface area contributed by atoms with Gasteiger partial charge >= 0.3 is 0 Å². The second kappa shape index (κ2) is 7.21. The van der Waals surface area contributed by atoms with Crippen molar-refractivity contribution in [3.63, 3.8) is 0 Å². The standard InChI is InChI=1S/C17H28N2O/c1-4-14-5-7-15(8-6-14)11-16(18)17-12-19(13(2)3)9-10-20-17/h5-8,13,16-17H,4,9-12,18H2,1-3H3. The summed E-state index contributed by atoms with van der Waals surface area (Å²) in [7, 11) is 0. The zero-order valence-corrected chi connectivity index (χ0v) is 13.0. The molecule has 2 rings (SSSR count). The molecule has 1 fully saturated rings. The van der Waals surface area contributed by atoms with Gasteiger partial charge in [-0.2, -0.15) is 0 Å². The monoisotopic (exact) mass is 276 g/mol. The molecule has 0 spiro atoms. The van der Waals surface area contributed by atoms with Gasteiger partial charge in [0.2, 0.25) is 0 Å². The zero-order chi connectivity index (χ0) is 14.5. The van der Waals surface area contributed by atoms with E-state index in [1.165, 1.54) is 11.1 Å². The van der Waals surface area contributed by atoms with Crippen molar-refractivity contribution < 1.29 is 4.74 Å². The number of morpholine rings is 1. The number of aryl methyl sites for hydroxylation is 1. The van der Waals surface area contributed by atoms with Crippen LogP contribution in [0.5, 0.6) is 0 Å². The van der Waals surface area contributed by atoms with Gasteiger partial charge in [0, 0.05) is 25.2 Å². The van der Waals surface area contributed by atoms with Crippen LogP contribution in [-0.2, 0) is 17.6 Å². The lowest BCUT2D eigenvalue weighted by Gasteiger charge is -2.38. The minimum atomic E-state index is 0.0732. The Bertz CT molecular complexity index is 402. The van der Waals surface area contributed by atoms with Gasteiger partial charge in [-0.05, 0) is 37.8 Å². The molecule has 1 aromatic carbocycles. The summed E-state index contributed by atoms with van der Waals surface area (Å²) in [5.74, 6) is 0. The van der Waals surface area contributed by atoms with Crippen molar-refractivity contribution in [2.75, 3.05) is 19.7 Å². The maximum Gasteiger partial charge on any atom is 0.0856 e. The number of hydrogen-bond donors (Lipinski definition) is 1. The van der Waals surface area contributed by atoms with Crippen molar-refractivity contribution in [3.8, 4) is 0 Å². The average Bonchev–Trinajstić information content (AvgIpc) is 2.48. The van der Waals surface area contributed by atoms with E-state index >= 15 is 0 Å². The Balaban J connectivity index is 1.91. The van der Waals surface area contributed by atoms with Gasteiger partial charge in [-0.15, -0.1) is 0 Å². The lowest BCUT2D eigenvalue weighted by molar-refractivity contribution is -0.0495. The third-order valence-corrected chi connectivity index (χ3v) is 4.24. The molecule has 0 radical (unpaired) electrons. The second-order valence-corrected chi connectivity index (χ2v) is 6.04. The molecule has 112 valence electrons. The summed E-state index contributed by atoms with van der Waals surface area (Å²) in [5.41, 5.74) is 9.04. The SMILES string of the molecule is CCc1ccc(CC(N)C2CN(C(C)C)CCO2)cc1. The third-order valence-electron chi connectivity index (χ3n) is 4.24. The van der Waals surface area contributed by atoms with Crippen LogP contribution in [-0.4, -0.2) is 42.8 Å². The average molecular weight is 276 g/mol. The molecule has 0 amide bonds. The molecule has 2 N–H and O–H groups in total. The first kappa shape index (κ1) is 15.5. The smallest absolute Gasteiger partial charge is 0.0856 e. The number of nitrogens with two attached hydrogens (primary N) is 1. The first-order valence-corrected chi connectivity index (χ1v) is 7.79. The predicted molar refractivity (Wildman–Crippen MR) is 83.9 cm³/mol. The summed E-state index contributed by atoms with van der Waals surface area (Å²) in [5, 5.41) is 0.